The highest BCUT2D eigenvalue weighted by Crippen LogP contribution is 2.18. The maximum Gasteiger partial charge on any atom is 0.339 e. The molecule has 0 spiro atoms. The van der Waals surface area contributed by atoms with Crippen molar-refractivity contribution >= 4 is 16.0 Å². The van der Waals surface area contributed by atoms with Crippen LogP contribution in [0.5, 0.6) is 0 Å². The molecular formula is C11H10FN3O4S. The molecule has 2 aromatic rings. The fourth-order valence-electron chi connectivity index (χ4n) is 1.64. The minimum atomic E-state index is -4.00. The number of benzene rings is 1. The first-order valence-corrected chi connectivity index (χ1v) is 6.87. The van der Waals surface area contributed by atoms with Crippen molar-refractivity contribution in [3.05, 3.63) is 41.5 Å². The maximum atomic E-state index is 13.9. The molecule has 0 radical (unpaired) electrons. The molecule has 0 aliphatic carbocycles. The van der Waals surface area contributed by atoms with E-state index >= 15 is 0 Å². The SMILES string of the molecule is Cc1nn(-c2ccc(S(N)(=O)=O)cc2F)cc1C(=O)O. The zero-order valence-electron chi connectivity index (χ0n) is 10.2. The van der Waals surface area contributed by atoms with Crippen molar-refractivity contribution in [2.45, 2.75) is 11.8 Å². The molecule has 20 heavy (non-hydrogen) atoms. The second-order valence-electron chi connectivity index (χ2n) is 4.04. The Balaban J connectivity index is 2.54. The van der Waals surface area contributed by atoms with Crippen molar-refractivity contribution in [3.8, 4) is 5.69 Å². The van der Waals surface area contributed by atoms with Gasteiger partial charge in [-0.3, -0.25) is 0 Å². The van der Waals surface area contributed by atoms with E-state index in [1.807, 2.05) is 0 Å². The quantitative estimate of drug-likeness (QED) is 0.864. The lowest BCUT2D eigenvalue weighted by Gasteiger charge is -2.04. The van der Waals surface area contributed by atoms with Gasteiger partial charge in [0.15, 0.2) is 0 Å². The van der Waals surface area contributed by atoms with Gasteiger partial charge in [-0.1, -0.05) is 0 Å². The molecule has 0 saturated heterocycles. The van der Waals surface area contributed by atoms with Crippen LogP contribution in [0.1, 0.15) is 16.1 Å². The summed E-state index contributed by atoms with van der Waals surface area (Å²) in [7, 11) is -4.00. The minimum Gasteiger partial charge on any atom is -0.478 e. The molecule has 1 aromatic carbocycles. The van der Waals surface area contributed by atoms with Crippen LogP contribution in [0.4, 0.5) is 4.39 Å². The number of nitrogens with two attached hydrogens (primary N) is 1. The van der Waals surface area contributed by atoms with E-state index in [1.165, 1.54) is 6.92 Å². The normalized spacial score (nSPS) is 11.6. The number of carbonyl (C=O) groups is 1. The molecule has 7 nitrogen and oxygen atoms in total. The molecule has 0 fully saturated rings. The number of halogens is 1. The summed E-state index contributed by atoms with van der Waals surface area (Å²) >= 11 is 0. The van der Waals surface area contributed by atoms with Gasteiger partial charge < -0.3 is 5.11 Å². The number of carboxylic acids is 1. The first kappa shape index (κ1) is 14.2. The van der Waals surface area contributed by atoms with Crippen molar-refractivity contribution in [2.75, 3.05) is 0 Å². The van der Waals surface area contributed by atoms with Crippen molar-refractivity contribution < 1.29 is 22.7 Å². The van der Waals surface area contributed by atoms with Crippen LogP contribution in [0.25, 0.3) is 5.69 Å². The third-order valence-electron chi connectivity index (χ3n) is 2.62. The summed E-state index contributed by atoms with van der Waals surface area (Å²) in [6.45, 7) is 1.47. The third-order valence-corrected chi connectivity index (χ3v) is 3.53. The van der Waals surface area contributed by atoms with E-state index in [0.29, 0.717) is 0 Å². The Morgan fingerprint density at radius 2 is 2.10 bits per heavy atom. The first-order valence-electron chi connectivity index (χ1n) is 5.32. The van der Waals surface area contributed by atoms with Gasteiger partial charge in [-0.15, -0.1) is 0 Å². The van der Waals surface area contributed by atoms with Crippen molar-refractivity contribution in [3.63, 3.8) is 0 Å². The molecule has 2 rings (SSSR count). The summed E-state index contributed by atoms with van der Waals surface area (Å²) in [5.74, 6) is -2.06. The number of rotatable bonds is 3. The zero-order valence-corrected chi connectivity index (χ0v) is 11.1. The number of hydrogen-bond donors (Lipinski definition) is 2. The molecular weight excluding hydrogens is 289 g/mol. The molecule has 1 aromatic heterocycles. The fraction of sp³-hybridized carbons (Fsp3) is 0.0909. The van der Waals surface area contributed by atoms with Crippen LogP contribution in [0.2, 0.25) is 0 Å². The standard InChI is InChI=1S/C11H10FN3O4S/c1-6-8(11(16)17)5-15(14-6)10-3-2-7(4-9(10)12)20(13,18)19/h2-5H,1H3,(H,16,17)(H2,13,18,19). The Labute approximate surface area is 113 Å². The highest BCUT2D eigenvalue weighted by atomic mass is 32.2. The molecule has 106 valence electrons. The van der Waals surface area contributed by atoms with Crippen LogP contribution >= 0.6 is 0 Å². The molecule has 0 atom stereocenters. The molecule has 0 aliphatic rings. The highest BCUT2D eigenvalue weighted by Gasteiger charge is 2.16. The lowest BCUT2D eigenvalue weighted by atomic mass is 10.3. The van der Waals surface area contributed by atoms with E-state index in [2.05, 4.69) is 5.10 Å². The van der Waals surface area contributed by atoms with Crippen LogP contribution in [0, 0.1) is 12.7 Å². The first-order chi connectivity index (χ1) is 9.20. The number of primary sulfonamides is 1. The summed E-state index contributed by atoms with van der Waals surface area (Å²) < 4.78 is 37.1. The highest BCUT2D eigenvalue weighted by molar-refractivity contribution is 7.89. The summed E-state index contributed by atoms with van der Waals surface area (Å²) in [5, 5.41) is 17.7. The maximum absolute atomic E-state index is 13.9. The van der Waals surface area contributed by atoms with Gasteiger partial charge in [0, 0.05) is 6.20 Å². The number of aryl methyl sites for hydroxylation is 1. The molecule has 0 amide bonds. The molecule has 3 N–H and O–H groups in total. The van der Waals surface area contributed by atoms with Gasteiger partial charge in [-0.2, -0.15) is 5.10 Å². The largest absolute Gasteiger partial charge is 0.478 e. The van der Waals surface area contributed by atoms with Gasteiger partial charge >= 0.3 is 5.97 Å². The molecule has 9 heteroatoms. The Morgan fingerprint density at radius 3 is 2.55 bits per heavy atom. The number of nitrogens with zero attached hydrogens (tertiary/aromatic N) is 2. The second kappa shape index (κ2) is 4.69. The van der Waals surface area contributed by atoms with Gasteiger partial charge in [0.2, 0.25) is 10.0 Å². The van der Waals surface area contributed by atoms with Crippen LogP contribution in [0.3, 0.4) is 0 Å². The zero-order chi connectivity index (χ0) is 15.1. The Hall–Kier alpha value is -2.26. The number of aromatic nitrogens is 2. The lowest BCUT2D eigenvalue weighted by molar-refractivity contribution is 0.0696. The van der Waals surface area contributed by atoms with Crippen LogP contribution in [-0.2, 0) is 10.0 Å². The van der Waals surface area contributed by atoms with Crippen molar-refractivity contribution in [1.82, 2.24) is 9.78 Å². The van der Waals surface area contributed by atoms with E-state index in [-0.39, 0.29) is 21.8 Å². The second-order valence-corrected chi connectivity index (χ2v) is 5.60. The Morgan fingerprint density at radius 1 is 1.45 bits per heavy atom. The predicted octanol–water partition coefficient (Wildman–Crippen LogP) is 0.665. The topological polar surface area (TPSA) is 115 Å². The van der Waals surface area contributed by atoms with Crippen molar-refractivity contribution in [1.29, 1.82) is 0 Å². The summed E-state index contributed by atoms with van der Waals surface area (Å²) in [6.07, 6.45) is 1.15. The van der Waals surface area contributed by atoms with E-state index in [4.69, 9.17) is 10.2 Å². The smallest absolute Gasteiger partial charge is 0.339 e. The van der Waals surface area contributed by atoms with E-state index in [0.717, 1.165) is 29.1 Å². The lowest BCUT2D eigenvalue weighted by Crippen LogP contribution is -2.13. The predicted molar refractivity (Wildman–Crippen MR) is 66.6 cm³/mol. The fourth-order valence-corrected chi connectivity index (χ4v) is 2.17. The Bertz CT molecular complexity index is 798. The minimum absolute atomic E-state index is 0.0695. The molecule has 0 bridgehead atoms. The summed E-state index contributed by atoms with van der Waals surface area (Å²) in [4.78, 5) is 10.5. The third kappa shape index (κ3) is 2.53. The van der Waals surface area contributed by atoms with Crippen LogP contribution in [0.15, 0.2) is 29.3 Å². The molecule has 0 aliphatic heterocycles. The van der Waals surface area contributed by atoms with Crippen molar-refractivity contribution in [2.24, 2.45) is 5.14 Å². The van der Waals surface area contributed by atoms with E-state index in [9.17, 15) is 17.6 Å². The number of carboxylic acid groups (broad SMARTS) is 1. The van der Waals surface area contributed by atoms with Gasteiger partial charge in [0.05, 0.1) is 10.6 Å². The number of aromatic carboxylic acids is 1. The molecule has 0 unspecified atom stereocenters. The average molecular weight is 299 g/mol. The van der Waals surface area contributed by atoms with Crippen LogP contribution in [-0.4, -0.2) is 29.3 Å². The molecule has 0 saturated carbocycles. The summed E-state index contributed by atoms with van der Waals surface area (Å²) in [5.41, 5.74) is 0.0698. The van der Waals surface area contributed by atoms with E-state index < -0.39 is 21.8 Å². The van der Waals surface area contributed by atoms with Crippen LogP contribution < -0.4 is 5.14 Å². The average Bonchev–Trinajstić information content (AvgIpc) is 2.69. The van der Waals surface area contributed by atoms with Gasteiger partial charge in [0.1, 0.15) is 17.1 Å². The van der Waals surface area contributed by atoms with Gasteiger partial charge in [-0.05, 0) is 25.1 Å². The summed E-state index contributed by atoms with van der Waals surface area (Å²) in [6, 6.07) is 3.03. The number of sulfonamides is 1. The van der Waals surface area contributed by atoms with Gasteiger partial charge in [-0.25, -0.2) is 27.4 Å². The number of hydrogen-bond acceptors (Lipinski definition) is 4. The van der Waals surface area contributed by atoms with E-state index in [1.54, 1.807) is 0 Å². The Kier molecular flexibility index (Phi) is 3.32. The monoisotopic (exact) mass is 299 g/mol. The van der Waals surface area contributed by atoms with Gasteiger partial charge in [0.25, 0.3) is 0 Å². The molecule has 1 heterocycles.